The lowest BCUT2D eigenvalue weighted by molar-refractivity contribution is -0.138. The van der Waals surface area contributed by atoms with Gasteiger partial charge in [0.25, 0.3) is 0 Å². The van der Waals surface area contributed by atoms with Gasteiger partial charge in [-0.3, -0.25) is 4.79 Å². The topological polar surface area (TPSA) is 49.9 Å². The molecule has 2 saturated heterocycles. The number of ether oxygens (including phenoxy) is 1. The summed E-state index contributed by atoms with van der Waals surface area (Å²) in [7, 11) is 0. The van der Waals surface area contributed by atoms with Crippen LogP contribution in [0.4, 0.5) is 9.18 Å². The Bertz CT molecular complexity index is 620. The van der Waals surface area contributed by atoms with Gasteiger partial charge in [-0.05, 0) is 50.3 Å². The van der Waals surface area contributed by atoms with Gasteiger partial charge in [0.2, 0.25) is 5.91 Å². The minimum atomic E-state index is -0.337. The summed E-state index contributed by atoms with van der Waals surface area (Å²) in [5, 5.41) is 0. The molecule has 0 aliphatic carbocycles. The summed E-state index contributed by atoms with van der Waals surface area (Å²) in [6.45, 7) is 3.90. The van der Waals surface area contributed by atoms with Gasteiger partial charge < -0.3 is 14.5 Å². The minimum Gasteiger partial charge on any atom is -0.450 e. The van der Waals surface area contributed by atoms with Crippen molar-refractivity contribution in [1.29, 1.82) is 0 Å². The largest absolute Gasteiger partial charge is 0.450 e. The maximum atomic E-state index is 13.2. The van der Waals surface area contributed by atoms with Gasteiger partial charge in [0, 0.05) is 19.6 Å². The van der Waals surface area contributed by atoms with Crippen molar-refractivity contribution in [2.45, 2.75) is 38.6 Å². The average molecular weight is 348 g/mol. The highest BCUT2D eigenvalue weighted by Crippen LogP contribution is 2.34. The molecule has 2 aliphatic rings. The van der Waals surface area contributed by atoms with E-state index in [1.807, 2.05) is 4.90 Å². The lowest BCUT2D eigenvalue weighted by Crippen LogP contribution is -2.46. The summed E-state index contributed by atoms with van der Waals surface area (Å²) < 4.78 is 18.2. The van der Waals surface area contributed by atoms with Gasteiger partial charge in [-0.25, -0.2) is 9.18 Å². The molecule has 2 unspecified atom stereocenters. The molecule has 1 aromatic carbocycles. The van der Waals surface area contributed by atoms with E-state index in [-0.39, 0.29) is 29.8 Å². The van der Waals surface area contributed by atoms with Crippen LogP contribution >= 0.6 is 0 Å². The predicted octanol–water partition coefficient (Wildman–Crippen LogP) is 3.36. The van der Waals surface area contributed by atoms with Crippen molar-refractivity contribution < 1.29 is 18.7 Å². The zero-order valence-corrected chi connectivity index (χ0v) is 14.6. The van der Waals surface area contributed by atoms with Crippen LogP contribution in [-0.2, 0) is 9.53 Å². The van der Waals surface area contributed by atoms with E-state index >= 15 is 0 Å². The number of halogens is 1. The predicted molar refractivity (Wildman–Crippen MR) is 91.4 cm³/mol. The number of likely N-dealkylation sites (tertiary alicyclic amines) is 2. The number of amides is 2. The Balaban J connectivity index is 1.68. The first-order valence-electron chi connectivity index (χ1n) is 9.07. The third kappa shape index (κ3) is 3.94. The van der Waals surface area contributed by atoms with E-state index in [4.69, 9.17) is 4.74 Å². The van der Waals surface area contributed by atoms with Crippen molar-refractivity contribution >= 4 is 12.0 Å². The molecule has 25 heavy (non-hydrogen) atoms. The van der Waals surface area contributed by atoms with E-state index < -0.39 is 0 Å². The summed E-state index contributed by atoms with van der Waals surface area (Å²) in [4.78, 5) is 28.5. The van der Waals surface area contributed by atoms with Crippen LogP contribution in [0.5, 0.6) is 0 Å². The van der Waals surface area contributed by atoms with Crippen molar-refractivity contribution in [3.05, 3.63) is 35.6 Å². The molecule has 1 aromatic rings. The van der Waals surface area contributed by atoms with Crippen LogP contribution in [0.3, 0.4) is 0 Å². The van der Waals surface area contributed by atoms with Gasteiger partial charge in [0.15, 0.2) is 0 Å². The molecule has 3 rings (SSSR count). The molecule has 2 fully saturated rings. The number of carbonyl (C=O) groups excluding carboxylic acids is 2. The molecular formula is C19H25FN2O3. The first kappa shape index (κ1) is 17.7. The Morgan fingerprint density at radius 2 is 1.88 bits per heavy atom. The quantitative estimate of drug-likeness (QED) is 0.842. The number of piperidine rings is 1. The van der Waals surface area contributed by atoms with Crippen molar-refractivity contribution in [3.63, 3.8) is 0 Å². The number of benzene rings is 1. The number of hydrogen-bond donors (Lipinski definition) is 0. The second-order valence-electron chi connectivity index (χ2n) is 6.73. The van der Waals surface area contributed by atoms with Crippen LogP contribution < -0.4 is 0 Å². The van der Waals surface area contributed by atoms with Gasteiger partial charge in [-0.2, -0.15) is 0 Å². The van der Waals surface area contributed by atoms with Gasteiger partial charge in [0.1, 0.15) is 5.82 Å². The van der Waals surface area contributed by atoms with Crippen LogP contribution in [0, 0.1) is 11.7 Å². The lowest BCUT2D eigenvalue weighted by Gasteiger charge is -2.35. The van der Waals surface area contributed by atoms with Crippen molar-refractivity contribution in [2.75, 3.05) is 26.2 Å². The molecular weight excluding hydrogens is 323 g/mol. The second-order valence-corrected chi connectivity index (χ2v) is 6.73. The molecule has 2 atom stereocenters. The highest BCUT2D eigenvalue weighted by molar-refractivity contribution is 5.81. The Morgan fingerprint density at radius 3 is 2.60 bits per heavy atom. The minimum absolute atomic E-state index is 0.00562. The van der Waals surface area contributed by atoms with Gasteiger partial charge in [-0.15, -0.1) is 0 Å². The Labute approximate surface area is 147 Å². The fourth-order valence-electron chi connectivity index (χ4n) is 3.86. The molecule has 0 spiro atoms. The molecule has 2 amide bonds. The Hall–Kier alpha value is -2.11. The van der Waals surface area contributed by atoms with E-state index in [1.54, 1.807) is 24.0 Å². The summed E-state index contributed by atoms with van der Waals surface area (Å²) in [6, 6.07) is 6.42. The average Bonchev–Trinajstić information content (AvgIpc) is 3.11. The van der Waals surface area contributed by atoms with Crippen LogP contribution in [0.15, 0.2) is 24.3 Å². The van der Waals surface area contributed by atoms with Crippen LogP contribution in [-0.4, -0.2) is 48.0 Å². The van der Waals surface area contributed by atoms with Crippen LogP contribution in [0.2, 0.25) is 0 Å². The van der Waals surface area contributed by atoms with Crippen LogP contribution in [0.25, 0.3) is 0 Å². The number of hydrogen-bond acceptors (Lipinski definition) is 3. The maximum absolute atomic E-state index is 13.2. The second kappa shape index (κ2) is 7.85. The first-order valence-corrected chi connectivity index (χ1v) is 9.07. The van der Waals surface area contributed by atoms with Gasteiger partial charge in [-0.1, -0.05) is 12.1 Å². The highest BCUT2D eigenvalue weighted by Gasteiger charge is 2.36. The summed E-state index contributed by atoms with van der Waals surface area (Å²) in [6.07, 6.45) is 3.11. The van der Waals surface area contributed by atoms with Crippen molar-refractivity contribution in [3.8, 4) is 0 Å². The normalized spacial score (nSPS) is 23.6. The van der Waals surface area contributed by atoms with E-state index in [1.165, 1.54) is 12.1 Å². The molecule has 136 valence electrons. The van der Waals surface area contributed by atoms with Gasteiger partial charge in [0.05, 0.1) is 18.6 Å². The summed E-state index contributed by atoms with van der Waals surface area (Å²) in [5.74, 6) is -0.350. The Kier molecular flexibility index (Phi) is 5.56. The molecule has 2 aliphatic heterocycles. The third-order valence-electron chi connectivity index (χ3n) is 5.09. The monoisotopic (exact) mass is 348 g/mol. The zero-order valence-electron chi connectivity index (χ0n) is 14.6. The molecule has 6 heteroatoms. The van der Waals surface area contributed by atoms with Crippen molar-refractivity contribution in [1.82, 2.24) is 9.80 Å². The van der Waals surface area contributed by atoms with E-state index in [2.05, 4.69) is 0 Å². The Morgan fingerprint density at radius 1 is 1.16 bits per heavy atom. The summed E-state index contributed by atoms with van der Waals surface area (Å²) >= 11 is 0. The smallest absolute Gasteiger partial charge is 0.409 e. The van der Waals surface area contributed by atoms with Crippen molar-refractivity contribution in [2.24, 2.45) is 5.92 Å². The molecule has 5 nitrogen and oxygen atoms in total. The fraction of sp³-hybridized carbons (Fsp3) is 0.579. The van der Waals surface area contributed by atoms with E-state index in [0.717, 1.165) is 37.8 Å². The van der Waals surface area contributed by atoms with E-state index in [0.29, 0.717) is 19.7 Å². The molecule has 0 saturated carbocycles. The van der Waals surface area contributed by atoms with Gasteiger partial charge >= 0.3 is 6.09 Å². The zero-order chi connectivity index (χ0) is 17.8. The highest BCUT2D eigenvalue weighted by atomic mass is 19.1. The lowest BCUT2D eigenvalue weighted by atomic mass is 9.95. The standard InChI is InChI=1S/C19H25FN2O3/c1-2-25-19(24)21-11-3-5-15(13-21)18(23)22-12-4-6-17(22)14-7-9-16(20)10-8-14/h7-10,15,17H,2-6,11-13H2,1H3. The third-order valence-corrected chi connectivity index (χ3v) is 5.09. The molecule has 0 radical (unpaired) electrons. The first-order chi connectivity index (χ1) is 12.1. The van der Waals surface area contributed by atoms with E-state index in [9.17, 15) is 14.0 Å². The number of carbonyl (C=O) groups is 2. The molecule has 0 aromatic heterocycles. The maximum Gasteiger partial charge on any atom is 0.409 e. The summed E-state index contributed by atoms with van der Waals surface area (Å²) in [5.41, 5.74) is 0.977. The molecule has 2 heterocycles. The number of rotatable bonds is 3. The number of nitrogens with zero attached hydrogens (tertiary/aromatic N) is 2. The SMILES string of the molecule is CCOC(=O)N1CCCC(C(=O)N2CCCC2c2ccc(F)cc2)C1. The molecule has 0 bridgehead atoms. The molecule has 0 N–H and O–H groups in total. The fourth-order valence-corrected chi connectivity index (χ4v) is 3.86. The van der Waals surface area contributed by atoms with Crippen LogP contribution in [0.1, 0.15) is 44.2 Å².